The molecule has 0 fully saturated rings. The van der Waals surface area contributed by atoms with Crippen LogP contribution in [0.5, 0.6) is 0 Å². The van der Waals surface area contributed by atoms with E-state index in [2.05, 4.69) is 26.8 Å². The Kier molecular flexibility index (Phi) is 31.5. The lowest BCUT2D eigenvalue weighted by Gasteiger charge is -2.16. The highest BCUT2D eigenvalue weighted by molar-refractivity contribution is 5.69. The molecule has 0 amide bonds. The molecule has 0 aromatic carbocycles. The lowest BCUT2D eigenvalue weighted by Crippen LogP contribution is -2.25. The van der Waals surface area contributed by atoms with Crippen LogP contribution in [0.1, 0.15) is 181 Å². The zero-order valence-corrected chi connectivity index (χ0v) is 29.5. The Morgan fingerprint density at radius 1 is 0.556 bits per heavy atom. The number of aliphatic hydroxyl groups is 3. The number of unbranched alkanes of at least 4 members (excludes halogenated alkanes) is 17. The highest BCUT2D eigenvalue weighted by atomic mass is 16.6. The minimum atomic E-state index is -1.01. The summed E-state index contributed by atoms with van der Waals surface area (Å²) in [5.74, 6) is 0.157. The largest absolute Gasteiger partial charge is 0.463 e. The second-order valence-electron chi connectivity index (χ2n) is 13.5. The Balaban J connectivity index is 3.55. The Labute approximate surface area is 276 Å². The fraction of sp³-hybridized carbons (Fsp3) is 0.895. The lowest BCUT2D eigenvalue weighted by atomic mass is 10.0. The normalized spacial score (nSPS) is 13.8. The maximum Gasteiger partial charge on any atom is 0.305 e. The monoisotopic (exact) mass is 641 g/mol. The van der Waals surface area contributed by atoms with E-state index in [-0.39, 0.29) is 31.6 Å². The summed E-state index contributed by atoms with van der Waals surface area (Å²) in [6, 6.07) is 0. The minimum absolute atomic E-state index is 0.153. The molecular formula is C38H72O7. The Bertz CT molecular complexity index is 694. The fourth-order valence-electron chi connectivity index (χ4n) is 5.35. The predicted molar refractivity (Wildman–Crippen MR) is 185 cm³/mol. The standard InChI is InChI=1S/C38H72O7/c1-4-5-6-7-17-22-27-35(40)36(41)28-23-18-15-20-25-30-38(43)45-32-34(39)31-44-37(42)29-24-19-14-12-10-8-9-11-13-16-21-26-33(2)3/h17,22,33-36,39-41H,4-16,18-21,23-32H2,1-3H3/b22-17-/t34-,35+,36+/m0/s1. The lowest BCUT2D eigenvalue weighted by molar-refractivity contribution is -0.152. The van der Waals surface area contributed by atoms with Crippen LogP contribution >= 0.6 is 0 Å². The zero-order chi connectivity index (χ0) is 33.4. The van der Waals surface area contributed by atoms with Gasteiger partial charge in [-0.15, -0.1) is 0 Å². The van der Waals surface area contributed by atoms with Gasteiger partial charge in [-0.05, 0) is 44.4 Å². The molecule has 0 aromatic heterocycles. The average molecular weight is 641 g/mol. The molecule has 0 unspecified atom stereocenters. The second kappa shape index (κ2) is 32.5. The Morgan fingerprint density at radius 2 is 1.00 bits per heavy atom. The van der Waals surface area contributed by atoms with Gasteiger partial charge in [-0.3, -0.25) is 9.59 Å². The number of ether oxygens (including phenoxy) is 2. The first-order valence-electron chi connectivity index (χ1n) is 18.8. The summed E-state index contributed by atoms with van der Waals surface area (Å²) in [4.78, 5) is 23.9. The van der Waals surface area contributed by atoms with E-state index in [1.807, 2.05) is 6.08 Å². The van der Waals surface area contributed by atoms with E-state index in [4.69, 9.17) is 9.47 Å². The molecule has 0 heterocycles. The van der Waals surface area contributed by atoms with Crippen molar-refractivity contribution in [1.82, 2.24) is 0 Å². The Morgan fingerprint density at radius 3 is 1.47 bits per heavy atom. The molecule has 7 heteroatoms. The van der Waals surface area contributed by atoms with Gasteiger partial charge in [0.15, 0.2) is 0 Å². The first kappa shape index (κ1) is 43.6. The first-order chi connectivity index (χ1) is 21.8. The van der Waals surface area contributed by atoms with Crippen LogP contribution in [0.2, 0.25) is 0 Å². The van der Waals surface area contributed by atoms with Crippen molar-refractivity contribution in [2.45, 2.75) is 200 Å². The van der Waals surface area contributed by atoms with Gasteiger partial charge in [-0.2, -0.15) is 0 Å². The van der Waals surface area contributed by atoms with Gasteiger partial charge < -0.3 is 24.8 Å². The molecule has 0 aliphatic carbocycles. The van der Waals surface area contributed by atoms with Crippen LogP contribution in [0, 0.1) is 5.92 Å². The average Bonchev–Trinajstić information content (AvgIpc) is 3.01. The van der Waals surface area contributed by atoms with Gasteiger partial charge in [-0.1, -0.05) is 142 Å². The zero-order valence-electron chi connectivity index (χ0n) is 29.5. The van der Waals surface area contributed by atoms with Crippen molar-refractivity contribution >= 4 is 11.9 Å². The molecule has 0 aromatic rings. The van der Waals surface area contributed by atoms with Gasteiger partial charge in [0, 0.05) is 12.8 Å². The van der Waals surface area contributed by atoms with Crippen LogP contribution in [-0.2, 0) is 19.1 Å². The fourth-order valence-corrected chi connectivity index (χ4v) is 5.35. The summed E-state index contributed by atoms with van der Waals surface area (Å²) >= 11 is 0. The minimum Gasteiger partial charge on any atom is -0.463 e. The van der Waals surface area contributed by atoms with E-state index in [0.717, 1.165) is 57.3 Å². The maximum absolute atomic E-state index is 12.0. The number of aliphatic hydroxyl groups excluding tert-OH is 3. The van der Waals surface area contributed by atoms with Crippen molar-refractivity contribution in [1.29, 1.82) is 0 Å². The van der Waals surface area contributed by atoms with Crippen LogP contribution in [-0.4, -0.2) is 58.8 Å². The third-order valence-corrected chi connectivity index (χ3v) is 8.38. The summed E-state index contributed by atoms with van der Waals surface area (Å²) in [6.07, 6.45) is 27.2. The van der Waals surface area contributed by atoms with Gasteiger partial charge in [0.1, 0.15) is 19.3 Å². The molecule has 0 aliphatic rings. The van der Waals surface area contributed by atoms with Gasteiger partial charge in [0.25, 0.3) is 0 Å². The maximum atomic E-state index is 12.0. The van der Waals surface area contributed by atoms with Gasteiger partial charge in [0.2, 0.25) is 0 Å². The molecule has 0 bridgehead atoms. The second-order valence-corrected chi connectivity index (χ2v) is 13.5. The van der Waals surface area contributed by atoms with E-state index in [1.54, 1.807) is 0 Å². The van der Waals surface area contributed by atoms with Crippen molar-refractivity contribution in [2.24, 2.45) is 5.92 Å². The summed E-state index contributed by atoms with van der Waals surface area (Å²) < 4.78 is 10.3. The van der Waals surface area contributed by atoms with Crippen LogP contribution in [0.25, 0.3) is 0 Å². The van der Waals surface area contributed by atoms with E-state index in [0.29, 0.717) is 25.7 Å². The number of rotatable bonds is 33. The highest BCUT2D eigenvalue weighted by Gasteiger charge is 2.14. The van der Waals surface area contributed by atoms with Gasteiger partial charge >= 0.3 is 11.9 Å². The van der Waals surface area contributed by atoms with E-state index >= 15 is 0 Å². The van der Waals surface area contributed by atoms with Crippen molar-refractivity contribution in [3.05, 3.63) is 12.2 Å². The third kappa shape index (κ3) is 32.3. The van der Waals surface area contributed by atoms with Crippen molar-refractivity contribution in [2.75, 3.05) is 13.2 Å². The molecule has 3 atom stereocenters. The SMILES string of the molecule is CCCCC/C=C\C[C@@H](O)[C@H](O)CCCCCCCC(=O)OC[C@@H](O)COC(=O)CCCCCCCCCCCCCC(C)C. The van der Waals surface area contributed by atoms with Crippen LogP contribution in [0.3, 0.4) is 0 Å². The first-order valence-corrected chi connectivity index (χ1v) is 18.8. The summed E-state index contributed by atoms with van der Waals surface area (Å²) in [7, 11) is 0. The van der Waals surface area contributed by atoms with E-state index in [9.17, 15) is 24.9 Å². The van der Waals surface area contributed by atoms with Crippen molar-refractivity contribution < 1.29 is 34.4 Å². The molecule has 3 N–H and O–H groups in total. The number of carbonyl (C=O) groups is 2. The van der Waals surface area contributed by atoms with Gasteiger partial charge in [-0.25, -0.2) is 0 Å². The van der Waals surface area contributed by atoms with Crippen LogP contribution in [0.15, 0.2) is 12.2 Å². The molecule has 0 saturated carbocycles. The Hall–Kier alpha value is -1.44. The van der Waals surface area contributed by atoms with E-state index < -0.39 is 18.3 Å². The summed E-state index contributed by atoms with van der Waals surface area (Å²) in [6.45, 7) is 6.44. The van der Waals surface area contributed by atoms with Gasteiger partial charge in [0.05, 0.1) is 12.2 Å². The van der Waals surface area contributed by atoms with Crippen molar-refractivity contribution in [3.63, 3.8) is 0 Å². The smallest absolute Gasteiger partial charge is 0.305 e. The topological polar surface area (TPSA) is 113 Å². The molecule has 0 rings (SSSR count). The van der Waals surface area contributed by atoms with E-state index in [1.165, 1.54) is 77.0 Å². The molecule has 0 aliphatic heterocycles. The molecule has 0 spiro atoms. The van der Waals surface area contributed by atoms with Crippen molar-refractivity contribution in [3.8, 4) is 0 Å². The molecule has 0 saturated heterocycles. The highest BCUT2D eigenvalue weighted by Crippen LogP contribution is 2.15. The number of hydrogen-bond acceptors (Lipinski definition) is 7. The number of allylic oxidation sites excluding steroid dienone is 1. The summed E-state index contributed by atoms with van der Waals surface area (Å²) in [5, 5.41) is 30.2. The van der Waals surface area contributed by atoms with Crippen LogP contribution < -0.4 is 0 Å². The number of esters is 2. The molecule has 0 radical (unpaired) electrons. The quantitative estimate of drug-likeness (QED) is 0.0372. The summed E-state index contributed by atoms with van der Waals surface area (Å²) in [5.41, 5.74) is 0. The van der Waals surface area contributed by atoms with Crippen LogP contribution in [0.4, 0.5) is 0 Å². The molecule has 7 nitrogen and oxygen atoms in total. The molecule has 45 heavy (non-hydrogen) atoms. The molecular weight excluding hydrogens is 568 g/mol. The number of hydrogen-bond donors (Lipinski definition) is 3. The predicted octanol–water partition coefficient (Wildman–Crippen LogP) is 9.14. The molecule has 266 valence electrons. The third-order valence-electron chi connectivity index (χ3n) is 8.38. The number of carbonyl (C=O) groups excluding carboxylic acids is 2.